The molecule has 0 aromatic carbocycles. The first-order valence-electron chi connectivity index (χ1n) is 4.06. The highest BCUT2D eigenvalue weighted by Crippen LogP contribution is 1.91. The SMILES string of the molecule is CC(CNCCS(C)=O)C(N)=NO. The van der Waals surface area contributed by atoms with Crippen LogP contribution in [0.1, 0.15) is 6.92 Å². The van der Waals surface area contributed by atoms with Crippen molar-refractivity contribution in [2.45, 2.75) is 6.92 Å². The largest absolute Gasteiger partial charge is 0.409 e. The maximum absolute atomic E-state index is 10.7. The molecular weight excluding hydrogens is 190 g/mol. The van der Waals surface area contributed by atoms with Gasteiger partial charge in [0, 0.05) is 41.8 Å². The summed E-state index contributed by atoms with van der Waals surface area (Å²) in [5, 5.41) is 14.3. The first-order valence-corrected chi connectivity index (χ1v) is 5.78. The summed E-state index contributed by atoms with van der Waals surface area (Å²) in [7, 11) is -0.766. The molecule has 5 nitrogen and oxygen atoms in total. The van der Waals surface area contributed by atoms with Crippen LogP contribution in [0.2, 0.25) is 0 Å². The third-order valence-corrected chi connectivity index (χ3v) is 2.42. The summed E-state index contributed by atoms with van der Waals surface area (Å²) in [6, 6.07) is 0. The van der Waals surface area contributed by atoms with Crippen molar-refractivity contribution in [2.75, 3.05) is 25.1 Å². The van der Waals surface area contributed by atoms with Gasteiger partial charge in [-0.25, -0.2) is 0 Å². The van der Waals surface area contributed by atoms with Crippen molar-refractivity contribution < 1.29 is 9.42 Å². The first-order chi connectivity index (χ1) is 6.07. The lowest BCUT2D eigenvalue weighted by Gasteiger charge is -2.09. The molecule has 0 aliphatic rings. The molecular formula is C7H17N3O2S. The summed E-state index contributed by atoms with van der Waals surface area (Å²) in [5.41, 5.74) is 5.36. The minimum atomic E-state index is -0.766. The molecule has 0 radical (unpaired) electrons. The molecule has 4 N–H and O–H groups in total. The summed E-state index contributed by atoms with van der Waals surface area (Å²) in [6.45, 7) is 3.17. The summed E-state index contributed by atoms with van der Waals surface area (Å²) in [6.07, 6.45) is 1.66. The van der Waals surface area contributed by atoms with Crippen molar-refractivity contribution in [1.82, 2.24) is 5.32 Å². The minimum absolute atomic E-state index is 0.00436. The van der Waals surface area contributed by atoms with E-state index < -0.39 is 10.8 Å². The molecule has 2 atom stereocenters. The van der Waals surface area contributed by atoms with Crippen molar-refractivity contribution in [1.29, 1.82) is 0 Å². The third kappa shape index (κ3) is 6.53. The lowest BCUT2D eigenvalue weighted by molar-refractivity contribution is 0.314. The minimum Gasteiger partial charge on any atom is -0.409 e. The van der Waals surface area contributed by atoms with Gasteiger partial charge in [0.2, 0.25) is 0 Å². The Morgan fingerprint density at radius 2 is 2.38 bits per heavy atom. The molecule has 0 saturated carbocycles. The average molecular weight is 207 g/mol. The molecule has 0 rings (SSSR count). The van der Waals surface area contributed by atoms with E-state index in [1.807, 2.05) is 6.92 Å². The fourth-order valence-corrected chi connectivity index (χ4v) is 1.17. The lowest BCUT2D eigenvalue weighted by Crippen LogP contribution is -2.33. The van der Waals surface area contributed by atoms with E-state index in [9.17, 15) is 4.21 Å². The van der Waals surface area contributed by atoms with Crippen LogP contribution in [0.5, 0.6) is 0 Å². The summed E-state index contributed by atoms with van der Waals surface area (Å²) in [4.78, 5) is 0. The van der Waals surface area contributed by atoms with Crippen molar-refractivity contribution in [2.24, 2.45) is 16.8 Å². The van der Waals surface area contributed by atoms with E-state index in [2.05, 4.69) is 10.5 Å². The van der Waals surface area contributed by atoms with Crippen LogP contribution in [-0.4, -0.2) is 40.3 Å². The van der Waals surface area contributed by atoms with E-state index in [0.29, 0.717) is 18.8 Å². The molecule has 13 heavy (non-hydrogen) atoms. The second kappa shape index (κ2) is 6.85. The first kappa shape index (κ1) is 12.4. The van der Waals surface area contributed by atoms with Crippen LogP contribution in [0.4, 0.5) is 0 Å². The van der Waals surface area contributed by atoms with Crippen LogP contribution in [0.25, 0.3) is 0 Å². The molecule has 78 valence electrons. The van der Waals surface area contributed by atoms with Crippen LogP contribution < -0.4 is 11.1 Å². The smallest absolute Gasteiger partial charge is 0.143 e. The molecule has 2 unspecified atom stereocenters. The zero-order valence-corrected chi connectivity index (χ0v) is 8.80. The van der Waals surface area contributed by atoms with E-state index in [0.717, 1.165) is 0 Å². The van der Waals surface area contributed by atoms with Gasteiger partial charge in [-0.2, -0.15) is 0 Å². The molecule has 0 aromatic rings. The fourth-order valence-electron chi connectivity index (χ4n) is 0.738. The molecule has 0 spiro atoms. The Kier molecular flexibility index (Phi) is 6.52. The summed E-state index contributed by atoms with van der Waals surface area (Å²) >= 11 is 0. The van der Waals surface area contributed by atoms with E-state index in [1.165, 1.54) is 0 Å². The Labute approximate surface area is 80.8 Å². The number of nitrogens with one attached hydrogen (secondary N) is 1. The van der Waals surface area contributed by atoms with Gasteiger partial charge in [0.05, 0.1) is 0 Å². The number of nitrogens with two attached hydrogens (primary N) is 1. The second-order valence-electron chi connectivity index (χ2n) is 2.91. The van der Waals surface area contributed by atoms with E-state index in [4.69, 9.17) is 10.9 Å². The van der Waals surface area contributed by atoms with Crippen LogP contribution >= 0.6 is 0 Å². The van der Waals surface area contributed by atoms with Crippen LogP contribution in [-0.2, 0) is 10.8 Å². The Bertz CT molecular complexity index is 196. The lowest BCUT2D eigenvalue weighted by atomic mass is 10.1. The Hall–Kier alpha value is -0.620. The predicted molar refractivity (Wildman–Crippen MR) is 54.4 cm³/mol. The average Bonchev–Trinajstić information content (AvgIpc) is 2.10. The number of nitrogens with zero attached hydrogens (tertiary/aromatic N) is 1. The summed E-state index contributed by atoms with van der Waals surface area (Å²) in [5.74, 6) is 0.837. The van der Waals surface area contributed by atoms with E-state index in [1.54, 1.807) is 6.26 Å². The number of oxime groups is 1. The number of hydrogen-bond acceptors (Lipinski definition) is 4. The molecule has 0 heterocycles. The molecule has 0 aliphatic carbocycles. The van der Waals surface area contributed by atoms with Crippen LogP contribution in [0.3, 0.4) is 0 Å². The van der Waals surface area contributed by atoms with Gasteiger partial charge >= 0.3 is 0 Å². The normalized spacial score (nSPS) is 16.9. The van der Waals surface area contributed by atoms with Crippen LogP contribution in [0.15, 0.2) is 5.16 Å². The molecule has 0 fully saturated rings. The van der Waals surface area contributed by atoms with Crippen molar-refractivity contribution >= 4 is 16.6 Å². The van der Waals surface area contributed by atoms with E-state index in [-0.39, 0.29) is 11.8 Å². The quantitative estimate of drug-likeness (QED) is 0.177. The van der Waals surface area contributed by atoms with Crippen molar-refractivity contribution in [3.05, 3.63) is 0 Å². The van der Waals surface area contributed by atoms with E-state index >= 15 is 0 Å². The molecule has 0 amide bonds. The zero-order valence-electron chi connectivity index (χ0n) is 7.99. The Balaban J connectivity index is 3.48. The maximum atomic E-state index is 10.7. The highest BCUT2D eigenvalue weighted by molar-refractivity contribution is 7.84. The highest BCUT2D eigenvalue weighted by atomic mass is 32.2. The van der Waals surface area contributed by atoms with Gasteiger partial charge in [0.25, 0.3) is 0 Å². The summed E-state index contributed by atoms with van der Waals surface area (Å²) < 4.78 is 10.7. The fraction of sp³-hybridized carbons (Fsp3) is 0.857. The second-order valence-corrected chi connectivity index (χ2v) is 4.46. The molecule has 0 aromatic heterocycles. The van der Waals surface area contributed by atoms with Crippen LogP contribution in [0, 0.1) is 5.92 Å². The van der Waals surface area contributed by atoms with Gasteiger partial charge < -0.3 is 16.3 Å². The molecule has 6 heteroatoms. The molecule has 0 bridgehead atoms. The van der Waals surface area contributed by atoms with Gasteiger partial charge in [-0.05, 0) is 0 Å². The van der Waals surface area contributed by atoms with Gasteiger partial charge in [-0.1, -0.05) is 12.1 Å². The van der Waals surface area contributed by atoms with Crippen molar-refractivity contribution in [3.8, 4) is 0 Å². The Morgan fingerprint density at radius 3 is 2.85 bits per heavy atom. The van der Waals surface area contributed by atoms with Gasteiger partial charge in [-0.15, -0.1) is 0 Å². The molecule has 0 saturated heterocycles. The predicted octanol–water partition coefficient (Wildman–Crippen LogP) is -0.663. The third-order valence-electron chi connectivity index (χ3n) is 1.64. The van der Waals surface area contributed by atoms with Gasteiger partial charge in [0.15, 0.2) is 0 Å². The number of rotatable bonds is 6. The molecule has 0 aliphatic heterocycles. The number of hydrogen-bond donors (Lipinski definition) is 3. The number of amidine groups is 1. The monoisotopic (exact) mass is 207 g/mol. The van der Waals surface area contributed by atoms with Crippen molar-refractivity contribution in [3.63, 3.8) is 0 Å². The Morgan fingerprint density at radius 1 is 1.77 bits per heavy atom. The topological polar surface area (TPSA) is 87.7 Å². The van der Waals surface area contributed by atoms with Gasteiger partial charge in [-0.3, -0.25) is 4.21 Å². The standard InChI is InChI=1S/C7H17N3O2S/c1-6(7(8)10-11)5-9-3-4-13(2)12/h6,9,11H,3-5H2,1-2H3,(H2,8,10). The van der Waals surface area contributed by atoms with Gasteiger partial charge in [0.1, 0.15) is 5.84 Å². The maximum Gasteiger partial charge on any atom is 0.143 e. The zero-order chi connectivity index (χ0) is 10.3. The highest BCUT2D eigenvalue weighted by Gasteiger charge is 2.05.